The average Bonchev–Trinajstić information content (AvgIpc) is 3.15. The van der Waals surface area contributed by atoms with Crippen LogP contribution in [-0.4, -0.2) is 31.3 Å². The summed E-state index contributed by atoms with van der Waals surface area (Å²) in [5.74, 6) is 0.0553. The van der Waals surface area contributed by atoms with E-state index in [9.17, 15) is 14.9 Å². The zero-order chi connectivity index (χ0) is 17.6. The van der Waals surface area contributed by atoms with Gasteiger partial charge in [0.1, 0.15) is 12.7 Å². The summed E-state index contributed by atoms with van der Waals surface area (Å²) in [6.07, 6.45) is 3.04. The Hall–Kier alpha value is -3.20. The molecule has 9 heteroatoms. The fourth-order valence-electron chi connectivity index (χ4n) is 2.05. The number of hydrogen-bond acceptors (Lipinski definition) is 6. The SMILES string of the molecule is O=C(CSc1ccc([N+](=O)[O-])cc1)Nc1ccc(-n2cncn2)cc1. The summed E-state index contributed by atoms with van der Waals surface area (Å²) in [4.78, 5) is 26.8. The van der Waals surface area contributed by atoms with Crippen molar-refractivity contribution in [3.05, 3.63) is 71.3 Å². The number of anilines is 1. The lowest BCUT2D eigenvalue weighted by molar-refractivity contribution is -0.384. The molecule has 0 unspecified atom stereocenters. The van der Waals surface area contributed by atoms with Gasteiger partial charge in [-0.3, -0.25) is 14.9 Å². The Kier molecular flexibility index (Phi) is 5.05. The van der Waals surface area contributed by atoms with Crippen molar-refractivity contribution >= 4 is 29.0 Å². The predicted molar refractivity (Wildman–Crippen MR) is 93.8 cm³/mol. The Labute approximate surface area is 147 Å². The minimum absolute atomic E-state index is 0.0290. The molecule has 126 valence electrons. The van der Waals surface area contributed by atoms with Crippen molar-refractivity contribution in [2.45, 2.75) is 4.90 Å². The number of nitrogens with one attached hydrogen (secondary N) is 1. The van der Waals surface area contributed by atoms with Crippen molar-refractivity contribution in [1.29, 1.82) is 0 Å². The number of hydrogen-bond donors (Lipinski definition) is 1. The lowest BCUT2D eigenvalue weighted by Gasteiger charge is -2.06. The van der Waals surface area contributed by atoms with Gasteiger partial charge >= 0.3 is 0 Å². The Morgan fingerprint density at radius 2 is 1.88 bits per heavy atom. The Bertz CT molecular complexity index is 864. The number of nitro benzene ring substituents is 1. The van der Waals surface area contributed by atoms with E-state index < -0.39 is 4.92 Å². The molecule has 0 aliphatic heterocycles. The van der Waals surface area contributed by atoms with E-state index in [0.717, 1.165) is 10.6 Å². The van der Waals surface area contributed by atoms with E-state index in [4.69, 9.17) is 0 Å². The van der Waals surface area contributed by atoms with Crippen LogP contribution in [0.3, 0.4) is 0 Å². The summed E-state index contributed by atoms with van der Waals surface area (Å²) in [6, 6.07) is 13.3. The third-order valence-electron chi connectivity index (χ3n) is 3.25. The lowest BCUT2D eigenvalue weighted by atomic mass is 10.3. The number of amides is 1. The summed E-state index contributed by atoms with van der Waals surface area (Å²) in [6.45, 7) is 0. The highest BCUT2D eigenvalue weighted by Gasteiger charge is 2.07. The van der Waals surface area contributed by atoms with E-state index >= 15 is 0 Å². The van der Waals surface area contributed by atoms with Gasteiger partial charge in [-0.05, 0) is 36.4 Å². The van der Waals surface area contributed by atoms with Gasteiger partial charge < -0.3 is 5.32 Å². The molecule has 25 heavy (non-hydrogen) atoms. The van der Waals surface area contributed by atoms with Gasteiger partial charge in [-0.1, -0.05) is 0 Å². The van der Waals surface area contributed by atoms with E-state index in [1.165, 1.54) is 30.2 Å². The molecule has 1 heterocycles. The normalized spacial score (nSPS) is 10.4. The number of carbonyl (C=O) groups excluding carboxylic acids is 1. The molecule has 0 aliphatic carbocycles. The van der Waals surface area contributed by atoms with Crippen LogP contribution < -0.4 is 5.32 Å². The molecule has 1 amide bonds. The van der Waals surface area contributed by atoms with E-state index in [2.05, 4.69) is 15.4 Å². The van der Waals surface area contributed by atoms with Gasteiger partial charge in [0.25, 0.3) is 5.69 Å². The Morgan fingerprint density at radius 1 is 1.16 bits per heavy atom. The fourth-order valence-corrected chi connectivity index (χ4v) is 2.75. The summed E-state index contributed by atoms with van der Waals surface area (Å²) in [5, 5.41) is 17.4. The first-order valence-corrected chi connectivity index (χ1v) is 8.22. The van der Waals surface area contributed by atoms with Gasteiger partial charge in [-0.15, -0.1) is 11.8 Å². The van der Waals surface area contributed by atoms with Crippen LogP contribution in [0.1, 0.15) is 0 Å². The highest BCUT2D eigenvalue weighted by molar-refractivity contribution is 8.00. The van der Waals surface area contributed by atoms with Crippen molar-refractivity contribution < 1.29 is 9.72 Å². The number of nitro groups is 1. The summed E-state index contributed by atoms with van der Waals surface area (Å²) >= 11 is 1.31. The number of benzene rings is 2. The number of carbonyl (C=O) groups is 1. The first-order chi connectivity index (χ1) is 12.1. The number of rotatable bonds is 6. The third kappa shape index (κ3) is 4.42. The van der Waals surface area contributed by atoms with Crippen LogP contribution in [0, 0.1) is 10.1 Å². The number of aromatic nitrogens is 3. The van der Waals surface area contributed by atoms with Crippen LogP contribution in [0.25, 0.3) is 5.69 Å². The monoisotopic (exact) mass is 355 g/mol. The largest absolute Gasteiger partial charge is 0.325 e. The second-order valence-corrected chi connectivity index (χ2v) is 6.02. The second kappa shape index (κ2) is 7.58. The fraction of sp³-hybridized carbons (Fsp3) is 0.0625. The van der Waals surface area contributed by atoms with E-state index in [0.29, 0.717) is 5.69 Å². The van der Waals surface area contributed by atoms with Crippen molar-refractivity contribution in [1.82, 2.24) is 14.8 Å². The number of thioether (sulfide) groups is 1. The van der Waals surface area contributed by atoms with Gasteiger partial charge in [0, 0.05) is 22.7 Å². The van der Waals surface area contributed by atoms with Crippen molar-refractivity contribution in [3.8, 4) is 5.69 Å². The molecule has 3 aromatic rings. The molecular formula is C16H13N5O3S. The molecule has 0 saturated carbocycles. The van der Waals surface area contributed by atoms with Gasteiger partial charge in [-0.2, -0.15) is 5.10 Å². The minimum atomic E-state index is -0.454. The maximum atomic E-state index is 12.0. The molecule has 0 spiro atoms. The number of non-ortho nitro benzene ring substituents is 1. The zero-order valence-corrected chi connectivity index (χ0v) is 13.7. The molecule has 0 fully saturated rings. The van der Waals surface area contributed by atoms with Crippen molar-refractivity contribution in [2.24, 2.45) is 0 Å². The van der Waals surface area contributed by atoms with Crippen LogP contribution in [0.2, 0.25) is 0 Å². The lowest BCUT2D eigenvalue weighted by Crippen LogP contribution is -2.13. The molecule has 8 nitrogen and oxygen atoms in total. The van der Waals surface area contributed by atoms with Crippen LogP contribution in [0.4, 0.5) is 11.4 Å². The summed E-state index contributed by atoms with van der Waals surface area (Å²) in [5.41, 5.74) is 1.55. The van der Waals surface area contributed by atoms with Gasteiger partial charge in [-0.25, -0.2) is 9.67 Å². The zero-order valence-electron chi connectivity index (χ0n) is 12.9. The molecule has 0 radical (unpaired) electrons. The topological polar surface area (TPSA) is 103 Å². The quantitative estimate of drug-likeness (QED) is 0.414. The third-order valence-corrected chi connectivity index (χ3v) is 4.26. The van der Waals surface area contributed by atoms with Crippen LogP contribution in [0.15, 0.2) is 66.1 Å². The minimum Gasteiger partial charge on any atom is -0.325 e. The van der Waals surface area contributed by atoms with E-state index in [1.807, 2.05) is 12.1 Å². The molecule has 1 N–H and O–H groups in total. The van der Waals surface area contributed by atoms with Gasteiger partial charge in [0.2, 0.25) is 5.91 Å². The summed E-state index contributed by atoms with van der Waals surface area (Å²) in [7, 11) is 0. The van der Waals surface area contributed by atoms with Crippen LogP contribution in [0.5, 0.6) is 0 Å². The molecule has 2 aromatic carbocycles. The molecule has 0 bridgehead atoms. The van der Waals surface area contributed by atoms with Crippen LogP contribution in [-0.2, 0) is 4.79 Å². The highest BCUT2D eigenvalue weighted by Crippen LogP contribution is 2.21. The van der Waals surface area contributed by atoms with E-state index in [-0.39, 0.29) is 17.3 Å². The first-order valence-electron chi connectivity index (χ1n) is 7.24. The molecule has 0 saturated heterocycles. The van der Waals surface area contributed by atoms with Crippen molar-refractivity contribution in [3.63, 3.8) is 0 Å². The van der Waals surface area contributed by atoms with Crippen molar-refractivity contribution in [2.75, 3.05) is 11.1 Å². The van der Waals surface area contributed by atoms with Gasteiger partial charge in [0.05, 0.1) is 16.4 Å². The Morgan fingerprint density at radius 3 is 2.48 bits per heavy atom. The Balaban J connectivity index is 1.53. The maximum Gasteiger partial charge on any atom is 0.269 e. The molecule has 0 atom stereocenters. The predicted octanol–water partition coefficient (Wildman–Crippen LogP) is 2.91. The average molecular weight is 355 g/mol. The highest BCUT2D eigenvalue weighted by atomic mass is 32.2. The molecule has 1 aromatic heterocycles. The first kappa shape index (κ1) is 16.7. The van der Waals surface area contributed by atoms with Gasteiger partial charge in [0.15, 0.2) is 0 Å². The standard InChI is InChI=1S/C16H13N5O3S/c22-16(9-25-15-7-5-14(6-8-15)21(23)24)19-12-1-3-13(4-2-12)20-11-17-10-18-20/h1-8,10-11H,9H2,(H,19,22). The van der Waals surface area contributed by atoms with Crippen LogP contribution >= 0.6 is 11.8 Å². The molecule has 3 rings (SSSR count). The molecular weight excluding hydrogens is 342 g/mol. The summed E-state index contributed by atoms with van der Waals surface area (Å²) < 4.78 is 1.62. The number of nitrogens with zero attached hydrogens (tertiary/aromatic N) is 4. The smallest absolute Gasteiger partial charge is 0.269 e. The van der Waals surface area contributed by atoms with E-state index in [1.54, 1.807) is 35.3 Å². The maximum absolute atomic E-state index is 12.0. The molecule has 0 aliphatic rings. The second-order valence-electron chi connectivity index (χ2n) is 4.97.